The Bertz CT molecular complexity index is 1370. The summed E-state index contributed by atoms with van der Waals surface area (Å²) in [6, 6.07) is 26.2. The zero-order valence-corrected chi connectivity index (χ0v) is 17.9. The molecule has 2 aromatic heterocycles. The Morgan fingerprint density at radius 3 is 2.56 bits per heavy atom. The number of carbonyl (C=O) groups excluding carboxylic acids is 1. The quantitative estimate of drug-likeness (QED) is 0.498. The number of likely N-dealkylation sites (tertiary alicyclic amines) is 1. The van der Waals surface area contributed by atoms with Crippen molar-refractivity contribution < 1.29 is 4.79 Å². The second-order valence-electron chi connectivity index (χ2n) is 9.04. The fourth-order valence-corrected chi connectivity index (χ4v) is 5.56. The Hall–Kier alpha value is -3.60. The van der Waals surface area contributed by atoms with Crippen LogP contribution in [0.4, 0.5) is 0 Å². The minimum atomic E-state index is 0.0725. The van der Waals surface area contributed by atoms with Gasteiger partial charge in [0.15, 0.2) is 0 Å². The highest BCUT2D eigenvalue weighted by Gasteiger charge is 2.36. The molecule has 6 rings (SSSR count). The number of amides is 1. The van der Waals surface area contributed by atoms with Gasteiger partial charge in [-0.25, -0.2) is 0 Å². The van der Waals surface area contributed by atoms with Crippen molar-refractivity contribution >= 4 is 16.8 Å². The molecule has 2 aliphatic heterocycles. The summed E-state index contributed by atoms with van der Waals surface area (Å²) in [7, 11) is 0. The van der Waals surface area contributed by atoms with Crippen LogP contribution in [0.15, 0.2) is 83.7 Å². The third-order valence-electron chi connectivity index (χ3n) is 7.01. The number of hydrogen-bond acceptors (Lipinski definition) is 2. The maximum atomic E-state index is 13.5. The monoisotopic (exact) mass is 423 g/mol. The van der Waals surface area contributed by atoms with Crippen molar-refractivity contribution in [2.24, 2.45) is 5.92 Å². The smallest absolute Gasteiger partial charge is 0.250 e. The third-order valence-corrected chi connectivity index (χ3v) is 7.01. The van der Waals surface area contributed by atoms with Crippen LogP contribution in [0.25, 0.3) is 22.2 Å². The number of fused-ring (bicyclic) bond motifs is 5. The van der Waals surface area contributed by atoms with Crippen molar-refractivity contribution in [3.8, 4) is 11.3 Å². The minimum absolute atomic E-state index is 0.0725. The van der Waals surface area contributed by atoms with Gasteiger partial charge in [-0.05, 0) is 36.1 Å². The fourth-order valence-electron chi connectivity index (χ4n) is 5.56. The summed E-state index contributed by atoms with van der Waals surface area (Å²) >= 11 is 0. The number of piperidine rings is 1. The molecule has 0 spiro atoms. The molecule has 1 saturated heterocycles. The van der Waals surface area contributed by atoms with E-state index in [1.165, 1.54) is 0 Å². The van der Waals surface area contributed by atoms with Gasteiger partial charge in [0.2, 0.25) is 5.91 Å². The van der Waals surface area contributed by atoms with Gasteiger partial charge in [0.25, 0.3) is 5.56 Å². The van der Waals surface area contributed by atoms with E-state index in [1.807, 2.05) is 51.9 Å². The van der Waals surface area contributed by atoms with Crippen LogP contribution in [0.2, 0.25) is 0 Å². The highest BCUT2D eigenvalue weighted by Crippen LogP contribution is 2.35. The van der Waals surface area contributed by atoms with Crippen molar-refractivity contribution in [3.63, 3.8) is 0 Å². The van der Waals surface area contributed by atoms with E-state index in [0.29, 0.717) is 25.6 Å². The summed E-state index contributed by atoms with van der Waals surface area (Å²) in [5.41, 5.74) is 4.40. The normalized spacial score (nSPS) is 19.7. The molecule has 5 heteroatoms. The molecule has 2 aliphatic rings. The summed E-state index contributed by atoms with van der Waals surface area (Å²) in [5.74, 6) is 0.709. The van der Waals surface area contributed by atoms with Crippen LogP contribution in [-0.4, -0.2) is 33.0 Å². The topological polar surface area (TPSA) is 47.2 Å². The van der Waals surface area contributed by atoms with E-state index in [4.69, 9.17) is 0 Å². The number of carbonyl (C=O) groups is 1. The molecule has 0 saturated carbocycles. The number of nitrogens with zero attached hydrogens (tertiary/aromatic N) is 3. The minimum Gasteiger partial charge on any atom is -0.340 e. The van der Waals surface area contributed by atoms with Gasteiger partial charge in [-0.2, -0.15) is 0 Å². The van der Waals surface area contributed by atoms with Crippen molar-refractivity contribution in [2.75, 3.05) is 13.1 Å². The Morgan fingerprint density at radius 2 is 1.69 bits per heavy atom. The Balaban J connectivity index is 1.32. The molecule has 4 aromatic rings. The first-order valence-corrected chi connectivity index (χ1v) is 11.3. The van der Waals surface area contributed by atoms with Gasteiger partial charge in [-0.3, -0.25) is 9.59 Å². The Morgan fingerprint density at radius 1 is 0.875 bits per heavy atom. The number of hydrogen-bond donors (Lipinski definition) is 0. The zero-order valence-electron chi connectivity index (χ0n) is 17.9. The molecule has 32 heavy (non-hydrogen) atoms. The van der Waals surface area contributed by atoms with Gasteiger partial charge in [-0.1, -0.05) is 54.6 Å². The summed E-state index contributed by atoms with van der Waals surface area (Å²) in [5, 5.41) is 1.14. The van der Waals surface area contributed by atoms with Crippen molar-refractivity contribution in [1.82, 2.24) is 14.0 Å². The zero-order chi connectivity index (χ0) is 21.7. The van der Waals surface area contributed by atoms with Crippen LogP contribution in [-0.2, 0) is 17.9 Å². The molecular formula is C27H25N3O2. The number of aromatic nitrogens is 2. The predicted octanol–water partition coefficient (Wildman–Crippen LogP) is 4.12. The van der Waals surface area contributed by atoms with Crippen LogP contribution in [0.1, 0.15) is 18.0 Å². The third kappa shape index (κ3) is 3.16. The lowest BCUT2D eigenvalue weighted by Crippen LogP contribution is -2.49. The highest BCUT2D eigenvalue weighted by molar-refractivity contribution is 5.89. The van der Waals surface area contributed by atoms with Crippen LogP contribution >= 0.6 is 0 Å². The number of rotatable bonds is 3. The summed E-state index contributed by atoms with van der Waals surface area (Å²) < 4.78 is 4.06. The van der Waals surface area contributed by atoms with Crippen molar-refractivity contribution in [2.45, 2.75) is 25.4 Å². The van der Waals surface area contributed by atoms with Gasteiger partial charge in [0, 0.05) is 53.9 Å². The molecule has 1 amide bonds. The van der Waals surface area contributed by atoms with Gasteiger partial charge in [-0.15, -0.1) is 0 Å². The maximum absolute atomic E-state index is 13.5. The molecule has 1 unspecified atom stereocenters. The first kappa shape index (κ1) is 19.1. The van der Waals surface area contributed by atoms with E-state index >= 15 is 0 Å². The average Bonchev–Trinajstić information content (AvgIpc) is 3.19. The molecule has 4 heterocycles. The average molecular weight is 424 g/mol. The fraction of sp³-hybridized carbons (Fsp3) is 0.259. The predicted molar refractivity (Wildman–Crippen MR) is 126 cm³/mol. The molecule has 0 radical (unpaired) electrons. The van der Waals surface area contributed by atoms with Crippen molar-refractivity contribution in [3.05, 3.63) is 94.9 Å². The van der Waals surface area contributed by atoms with Gasteiger partial charge < -0.3 is 14.0 Å². The lowest BCUT2D eigenvalue weighted by molar-refractivity contribution is -0.134. The first-order valence-electron chi connectivity index (χ1n) is 11.3. The molecule has 2 atom stereocenters. The standard InChI is InChI=1S/C27H25N3O2/c31-26-12-6-11-24-22-13-19(16-30(24)26)15-28(17-22)27(32)18-29-23-10-5-4-9-21(23)14-25(29)20-7-2-1-3-8-20/h1-12,14,19,22H,13,15-18H2/t19-,22?/m0/s1. The molecule has 5 nitrogen and oxygen atoms in total. The summed E-state index contributed by atoms with van der Waals surface area (Å²) in [6.45, 7) is 2.42. The van der Waals surface area contributed by atoms with E-state index in [0.717, 1.165) is 40.8 Å². The molecule has 2 bridgehead atoms. The van der Waals surface area contributed by atoms with Crippen LogP contribution in [0, 0.1) is 5.92 Å². The van der Waals surface area contributed by atoms with E-state index in [1.54, 1.807) is 6.07 Å². The highest BCUT2D eigenvalue weighted by atomic mass is 16.2. The van der Waals surface area contributed by atoms with E-state index in [9.17, 15) is 9.59 Å². The molecule has 160 valence electrons. The molecular weight excluding hydrogens is 398 g/mol. The number of para-hydroxylation sites is 1. The van der Waals surface area contributed by atoms with Gasteiger partial charge in [0.1, 0.15) is 6.54 Å². The largest absolute Gasteiger partial charge is 0.340 e. The van der Waals surface area contributed by atoms with E-state index in [-0.39, 0.29) is 17.4 Å². The number of pyridine rings is 1. The summed E-state index contributed by atoms with van der Waals surface area (Å²) in [6.07, 6.45) is 1.05. The molecule has 0 N–H and O–H groups in total. The van der Waals surface area contributed by atoms with Crippen molar-refractivity contribution in [1.29, 1.82) is 0 Å². The molecule has 2 aromatic carbocycles. The second kappa shape index (κ2) is 7.52. The lowest BCUT2D eigenvalue weighted by Gasteiger charge is -2.42. The van der Waals surface area contributed by atoms with Crippen LogP contribution < -0.4 is 5.56 Å². The Labute approximate surface area is 186 Å². The first-order chi connectivity index (χ1) is 15.7. The summed E-state index contributed by atoms with van der Waals surface area (Å²) in [4.78, 5) is 27.9. The van der Waals surface area contributed by atoms with Crippen LogP contribution in [0.3, 0.4) is 0 Å². The van der Waals surface area contributed by atoms with E-state index < -0.39 is 0 Å². The lowest BCUT2D eigenvalue weighted by atomic mass is 9.83. The van der Waals surface area contributed by atoms with Gasteiger partial charge >= 0.3 is 0 Å². The van der Waals surface area contributed by atoms with E-state index in [2.05, 4.69) is 34.9 Å². The van der Waals surface area contributed by atoms with Crippen LogP contribution in [0.5, 0.6) is 0 Å². The molecule has 0 aliphatic carbocycles. The van der Waals surface area contributed by atoms with Gasteiger partial charge in [0.05, 0.1) is 0 Å². The number of benzene rings is 2. The Kier molecular flexibility index (Phi) is 4.49. The SMILES string of the molecule is O=C(Cn1c(-c2ccccc2)cc2ccccc21)N1CC2C[C@@H](C1)Cn1c2cccc1=O. The second-order valence-corrected chi connectivity index (χ2v) is 9.04. The maximum Gasteiger partial charge on any atom is 0.250 e. The molecule has 1 fully saturated rings.